The van der Waals surface area contributed by atoms with Gasteiger partial charge in [0.2, 0.25) is 0 Å². The van der Waals surface area contributed by atoms with E-state index >= 15 is 0 Å². The van der Waals surface area contributed by atoms with E-state index in [1.54, 1.807) is 0 Å². The number of rotatable bonds is 7. The van der Waals surface area contributed by atoms with Crippen molar-refractivity contribution < 1.29 is 0 Å². The van der Waals surface area contributed by atoms with E-state index in [2.05, 4.69) is 36.0 Å². The molecule has 0 radical (unpaired) electrons. The average Bonchev–Trinajstić information content (AvgIpc) is 2.70. The zero-order valence-electron chi connectivity index (χ0n) is 10.2. The summed E-state index contributed by atoms with van der Waals surface area (Å²) in [6.45, 7) is 6.67. The Morgan fingerprint density at radius 2 is 1.93 bits per heavy atom. The highest BCUT2D eigenvalue weighted by Crippen LogP contribution is 2.12. The van der Waals surface area contributed by atoms with Crippen LogP contribution < -0.4 is 0 Å². The van der Waals surface area contributed by atoms with Gasteiger partial charge in [-0.15, -0.1) is 0 Å². The van der Waals surface area contributed by atoms with Crippen LogP contribution in [-0.2, 0) is 12.8 Å². The number of aromatic nitrogens is 3. The number of H-pyrrole nitrogens is 1. The highest BCUT2D eigenvalue weighted by atomic mass is 15.2. The van der Waals surface area contributed by atoms with Crippen LogP contribution in [0, 0.1) is 5.92 Å². The van der Waals surface area contributed by atoms with E-state index in [-0.39, 0.29) is 0 Å². The van der Waals surface area contributed by atoms with Crippen LogP contribution in [0.5, 0.6) is 0 Å². The second-order valence-electron chi connectivity index (χ2n) is 4.19. The lowest BCUT2D eigenvalue weighted by Gasteiger charge is -2.08. The Labute approximate surface area is 92.7 Å². The van der Waals surface area contributed by atoms with Crippen LogP contribution in [0.3, 0.4) is 0 Å². The van der Waals surface area contributed by atoms with Gasteiger partial charge in [-0.2, -0.15) is 5.10 Å². The number of hydrogen-bond acceptors (Lipinski definition) is 2. The van der Waals surface area contributed by atoms with Crippen molar-refractivity contribution in [1.29, 1.82) is 0 Å². The van der Waals surface area contributed by atoms with Gasteiger partial charge in [0.25, 0.3) is 0 Å². The third-order valence-corrected chi connectivity index (χ3v) is 2.97. The summed E-state index contributed by atoms with van der Waals surface area (Å²) in [6.07, 6.45) is 6.89. The topological polar surface area (TPSA) is 41.6 Å². The quantitative estimate of drug-likeness (QED) is 0.749. The number of aromatic amines is 1. The van der Waals surface area contributed by atoms with Gasteiger partial charge in [-0.1, -0.05) is 40.0 Å². The molecule has 1 N–H and O–H groups in total. The molecule has 0 bridgehead atoms. The largest absolute Gasteiger partial charge is 0.263 e. The molecule has 1 aromatic heterocycles. The van der Waals surface area contributed by atoms with Crippen LogP contribution in [0.15, 0.2) is 0 Å². The highest BCUT2D eigenvalue weighted by Gasteiger charge is 2.08. The van der Waals surface area contributed by atoms with E-state index < -0.39 is 0 Å². The fraction of sp³-hybridized carbons (Fsp3) is 0.833. The van der Waals surface area contributed by atoms with Gasteiger partial charge >= 0.3 is 0 Å². The fourth-order valence-electron chi connectivity index (χ4n) is 1.72. The maximum Gasteiger partial charge on any atom is 0.150 e. The van der Waals surface area contributed by atoms with Crippen molar-refractivity contribution in [2.24, 2.45) is 5.92 Å². The summed E-state index contributed by atoms with van der Waals surface area (Å²) in [5.41, 5.74) is 0. The number of hydrogen-bond donors (Lipinski definition) is 1. The molecule has 3 heteroatoms. The summed E-state index contributed by atoms with van der Waals surface area (Å²) in [7, 11) is 0. The number of unbranched alkanes of at least 4 members (excludes halogenated alkanes) is 1. The first kappa shape index (κ1) is 12.2. The maximum atomic E-state index is 4.52. The zero-order valence-corrected chi connectivity index (χ0v) is 10.2. The second kappa shape index (κ2) is 6.59. The third-order valence-electron chi connectivity index (χ3n) is 2.97. The molecule has 0 atom stereocenters. The van der Waals surface area contributed by atoms with E-state index in [1.807, 2.05) is 0 Å². The molecule has 0 aliphatic carbocycles. The van der Waals surface area contributed by atoms with Crippen molar-refractivity contribution in [3.8, 4) is 0 Å². The lowest BCUT2D eigenvalue weighted by atomic mass is 9.99. The van der Waals surface area contributed by atoms with Gasteiger partial charge in [0.1, 0.15) is 5.82 Å². The lowest BCUT2D eigenvalue weighted by molar-refractivity contribution is 0.479. The maximum absolute atomic E-state index is 4.52. The van der Waals surface area contributed by atoms with E-state index in [0.29, 0.717) is 0 Å². The van der Waals surface area contributed by atoms with E-state index in [0.717, 1.165) is 30.4 Å². The van der Waals surface area contributed by atoms with Gasteiger partial charge in [0.05, 0.1) is 0 Å². The smallest absolute Gasteiger partial charge is 0.150 e. The molecule has 86 valence electrons. The number of nitrogens with zero attached hydrogens (tertiary/aromatic N) is 2. The van der Waals surface area contributed by atoms with Crippen molar-refractivity contribution in [3.05, 3.63) is 11.6 Å². The van der Waals surface area contributed by atoms with Crippen LogP contribution in [0.25, 0.3) is 0 Å². The van der Waals surface area contributed by atoms with Crippen LogP contribution in [0.4, 0.5) is 0 Å². The fourth-order valence-corrected chi connectivity index (χ4v) is 1.72. The summed E-state index contributed by atoms with van der Waals surface area (Å²) in [6, 6.07) is 0. The van der Waals surface area contributed by atoms with Crippen LogP contribution in [-0.4, -0.2) is 15.2 Å². The summed E-state index contributed by atoms with van der Waals surface area (Å²) in [5, 5.41) is 7.29. The van der Waals surface area contributed by atoms with Gasteiger partial charge in [0, 0.05) is 12.8 Å². The minimum absolute atomic E-state index is 0.747. The lowest BCUT2D eigenvalue weighted by Crippen LogP contribution is -2.03. The normalized spacial score (nSPS) is 11.2. The summed E-state index contributed by atoms with van der Waals surface area (Å²) < 4.78 is 0. The summed E-state index contributed by atoms with van der Waals surface area (Å²) in [5.74, 6) is 2.80. The van der Waals surface area contributed by atoms with Crippen LogP contribution in [0.1, 0.15) is 58.1 Å². The molecule has 1 rings (SSSR count). The molecule has 0 amide bonds. The van der Waals surface area contributed by atoms with Gasteiger partial charge in [-0.3, -0.25) is 5.10 Å². The molecule has 3 nitrogen and oxygen atoms in total. The van der Waals surface area contributed by atoms with Crippen molar-refractivity contribution in [1.82, 2.24) is 15.2 Å². The van der Waals surface area contributed by atoms with Gasteiger partial charge in [-0.25, -0.2) is 4.98 Å². The van der Waals surface area contributed by atoms with Crippen molar-refractivity contribution in [3.63, 3.8) is 0 Å². The van der Waals surface area contributed by atoms with E-state index in [1.165, 1.54) is 25.7 Å². The monoisotopic (exact) mass is 209 g/mol. The minimum Gasteiger partial charge on any atom is -0.263 e. The van der Waals surface area contributed by atoms with Crippen molar-refractivity contribution >= 4 is 0 Å². The SMILES string of the molecule is CCCCc1n[nH]c(CC(CC)CC)n1. The zero-order chi connectivity index (χ0) is 11.1. The molecule has 15 heavy (non-hydrogen) atoms. The first-order valence-electron chi connectivity index (χ1n) is 6.20. The number of nitrogens with one attached hydrogen (secondary N) is 1. The molecule has 0 aliphatic rings. The predicted molar refractivity (Wildman–Crippen MR) is 62.8 cm³/mol. The molecule has 0 saturated heterocycles. The number of aryl methyl sites for hydroxylation is 1. The predicted octanol–water partition coefficient (Wildman–Crippen LogP) is 3.13. The first-order valence-corrected chi connectivity index (χ1v) is 6.20. The Bertz CT molecular complexity index is 264. The molecule has 0 aromatic carbocycles. The van der Waals surface area contributed by atoms with Gasteiger partial charge < -0.3 is 0 Å². The minimum atomic E-state index is 0.747. The summed E-state index contributed by atoms with van der Waals surface area (Å²) >= 11 is 0. The molecular weight excluding hydrogens is 186 g/mol. The molecule has 0 unspecified atom stereocenters. The molecule has 0 fully saturated rings. The van der Waals surface area contributed by atoms with Crippen LogP contribution >= 0.6 is 0 Å². The molecule has 0 spiro atoms. The Kier molecular flexibility index (Phi) is 5.37. The van der Waals surface area contributed by atoms with Crippen molar-refractivity contribution in [2.75, 3.05) is 0 Å². The molecular formula is C12H23N3. The van der Waals surface area contributed by atoms with E-state index in [9.17, 15) is 0 Å². The van der Waals surface area contributed by atoms with Crippen LogP contribution in [0.2, 0.25) is 0 Å². The Hall–Kier alpha value is -0.860. The highest BCUT2D eigenvalue weighted by molar-refractivity contribution is 4.91. The Morgan fingerprint density at radius 3 is 2.53 bits per heavy atom. The standard InChI is InChI=1S/C12H23N3/c1-4-7-8-11-13-12(15-14-11)9-10(5-2)6-3/h10H,4-9H2,1-3H3,(H,13,14,15). The molecule has 1 heterocycles. The second-order valence-corrected chi connectivity index (χ2v) is 4.19. The average molecular weight is 209 g/mol. The first-order chi connectivity index (χ1) is 7.30. The van der Waals surface area contributed by atoms with Gasteiger partial charge in [-0.05, 0) is 12.3 Å². The Balaban J connectivity index is 2.44. The summed E-state index contributed by atoms with van der Waals surface area (Å²) in [4.78, 5) is 4.52. The Morgan fingerprint density at radius 1 is 1.20 bits per heavy atom. The van der Waals surface area contributed by atoms with Gasteiger partial charge in [0.15, 0.2) is 5.82 Å². The third kappa shape index (κ3) is 4.02. The molecule has 1 aromatic rings. The van der Waals surface area contributed by atoms with E-state index in [4.69, 9.17) is 0 Å². The van der Waals surface area contributed by atoms with Crippen molar-refractivity contribution in [2.45, 2.75) is 59.3 Å². The molecule has 0 saturated carbocycles. The molecule has 0 aliphatic heterocycles.